The molecule has 0 aromatic carbocycles. The molecular weight excluding hydrogens is 316 g/mol. The molecule has 0 saturated carbocycles. The fourth-order valence-electron chi connectivity index (χ4n) is 1.94. The number of fused-ring (bicyclic) bond motifs is 1. The summed E-state index contributed by atoms with van der Waals surface area (Å²) in [6.45, 7) is 3.33. The molecule has 0 amide bonds. The molecule has 8 nitrogen and oxygen atoms in total. The van der Waals surface area contributed by atoms with E-state index in [1.165, 1.54) is 16.9 Å². The van der Waals surface area contributed by atoms with Crippen molar-refractivity contribution in [1.29, 1.82) is 0 Å². The average molecular weight is 333 g/mol. The number of sulfonamides is 1. The number of nitrogens with zero attached hydrogens (tertiary/aromatic N) is 5. The highest BCUT2D eigenvalue weighted by atomic mass is 35.5. The lowest BCUT2D eigenvalue weighted by molar-refractivity contribution is 0.428. The molecule has 2 aromatic heterocycles. The van der Waals surface area contributed by atoms with Gasteiger partial charge in [-0.05, 0) is 6.42 Å². The van der Waals surface area contributed by atoms with Crippen LogP contribution in [-0.4, -0.2) is 58.2 Å². The van der Waals surface area contributed by atoms with Crippen molar-refractivity contribution in [3.05, 3.63) is 17.5 Å². The first kappa shape index (κ1) is 15.9. The number of hydrogen-bond acceptors (Lipinski definition) is 6. The maximum Gasteiger partial charge on any atom is 0.255 e. The van der Waals surface area contributed by atoms with Gasteiger partial charge in [0, 0.05) is 25.7 Å². The SMILES string of the molecule is CCN(CCCNc1cc(Cl)nc2ncnn12)S(C)(=O)=O. The third kappa shape index (κ3) is 4.02. The van der Waals surface area contributed by atoms with E-state index in [0.29, 0.717) is 42.8 Å². The van der Waals surface area contributed by atoms with Crippen LogP contribution in [-0.2, 0) is 10.0 Å². The van der Waals surface area contributed by atoms with Crippen LogP contribution in [0.3, 0.4) is 0 Å². The molecule has 21 heavy (non-hydrogen) atoms. The van der Waals surface area contributed by atoms with Gasteiger partial charge >= 0.3 is 0 Å². The third-order valence-electron chi connectivity index (χ3n) is 2.93. The van der Waals surface area contributed by atoms with Crippen molar-refractivity contribution in [1.82, 2.24) is 23.9 Å². The second-order valence-corrected chi connectivity index (χ2v) is 6.84. The van der Waals surface area contributed by atoms with Crippen LogP contribution in [0.5, 0.6) is 0 Å². The van der Waals surface area contributed by atoms with Crippen molar-refractivity contribution >= 4 is 33.2 Å². The molecule has 0 radical (unpaired) electrons. The van der Waals surface area contributed by atoms with E-state index >= 15 is 0 Å². The smallest absolute Gasteiger partial charge is 0.255 e. The van der Waals surface area contributed by atoms with Crippen LogP contribution in [0.2, 0.25) is 5.15 Å². The van der Waals surface area contributed by atoms with Gasteiger partial charge in [0.1, 0.15) is 17.3 Å². The molecule has 0 atom stereocenters. The zero-order valence-electron chi connectivity index (χ0n) is 11.8. The Bertz CT molecular complexity index is 717. The van der Waals surface area contributed by atoms with Gasteiger partial charge in [0.25, 0.3) is 5.78 Å². The van der Waals surface area contributed by atoms with E-state index in [1.54, 1.807) is 10.6 Å². The van der Waals surface area contributed by atoms with Gasteiger partial charge in [-0.25, -0.2) is 12.7 Å². The van der Waals surface area contributed by atoms with Gasteiger partial charge < -0.3 is 5.32 Å². The maximum atomic E-state index is 11.5. The number of hydrogen-bond donors (Lipinski definition) is 1. The van der Waals surface area contributed by atoms with Gasteiger partial charge in [-0.15, -0.1) is 0 Å². The number of nitrogens with one attached hydrogen (secondary N) is 1. The monoisotopic (exact) mass is 332 g/mol. The molecule has 0 bridgehead atoms. The number of aromatic nitrogens is 4. The molecule has 10 heteroatoms. The van der Waals surface area contributed by atoms with Gasteiger partial charge in [0.2, 0.25) is 10.0 Å². The maximum absolute atomic E-state index is 11.5. The van der Waals surface area contributed by atoms with Crippen LogP contribution >= 0.6 is 11.6 Å². The largest absolute Gasteiger partial charge is 0.370 e. The molecule has 0 spiro atoms. The summed E-state index contributed by atoms with van der Waals surface area (Å²) in [4.78, 5) is 8.00. The van der Waals surface area contributed by atoms with Crippen LogP contribution in [0.25, 0.3) is 5.78 Å². The molecule has 2 rings (SSSR count). The number of halogens is 1. The summed E-state index contributed by atoms with van der Waals surface area (Å²) in [6, 6.07) is 1.65. The highest BCUT2D eigenvalue weighted by Gasteiger charge is 2.13. The van der Waals surface area contributed by atoms with Gasteiger partial charge in [0.05, 0.1) is 6.26 Å². The fourth-order valence-corrected chi connectivity index (χ4v) is 3.05. The average Bonchev–Trinajstić information content (AvgIpc) is 2.84. The van der Waals surface area contributed by atoms with Crippen molar-refractivity contribution in [3.63, 3.8) is 0 Å². The summed E-state index contributed by atoms with van der Waals surface area (Å²) in [5.74, 6) is 1.08. The Morgan fingerprint density at radius 2 is 2.24 bits per heavy atom. The Kier molecular flexibility index (Phi) is 4.96. The Morgan fingerprint density at radius 3 is 2.90 bits per heavy atom. The van der Waals surface area contributed by atoms with Gasteiger partial charge in [-0.3, -0.25) is 0 Å². The summed E-state index contributed by atoms with van der Waals surface area (Å²) < 4.78 is 25.9. The standard InChI is InChI=1S/C11H17ClN6O2S/c1-3-17(21(2,19)20)6-4-5-13-10-7-9(12)16-11-14-8-15-18(10)11/h7-8,13H,3-6H2,1-2H3. The van der Waals surface area contributed by atoms with Crippen molar-refractivity contribution in [2.45, 2.75) is 13.3 Å². The topological polar surface area (TPSA) is 92.5 Å². The highest BCUT2D eigenvalue weighted by Crippen LogP contribution is 2.14. The molecule has 116 valence electrons. The Labute approximate surface area is 128 Å². The van der Waals surface area contributed by atoms with Crippen LogP contribution in [0.4, 0.5) is 5.82 Å². The van der Waals surface area contributed by atoms with Crippen molar-refractivity contribution in [3.8, 4) is 0 Å². The molecular formula is C11H17ClN6O2S. The van der Waals surface area contributed by atoms with Crippen LogP contribution < -0.4 is 5.32 Å². The molecule has 0 saturated heterocycles. The Hall–Kier alpha value is -1.45. The van der Waals surface area contributed by atoms with Crippen LogP contribution in [0.15, 0.2) is 12.4 Å². The quantitative estimate of drug-likeness (QED) is 0.597. The van der Waals surface area contributed by atoms with E-state index in [4.69, 9.17) is 11.6 Å². The molecule has 2 heterocycles. The first-order valence-electron chi connectivity index (χ1n) is 6.47. The second-order valence-electron chi connectivity index (χ2n) is 4.47. The predicted octanol–water partition coefficient (Wildman–Crippen LogP) is 0.861. The lowest BCUT2D eigenvalue weighted by Crippen LogP contribution is -2.31. The first-order chi connectivity index (χ1) is 9.91. The van der Waals surface area contributed by atoms with E-state index in [0.717, 1.165) is 0 Å². The minimum Gasteiger partial charge on any atom is -0.370 e. The Balaban J connectivity index is 1.95. The molecule has 0 aliphatic carbocycles. The molecule has 2 aromatic rings. The Morgan fingerprint density at radius 1 is 1.48 bits per heavy atom. The summed E-state index contributed by atoms with van der Waals surface area (Å²) in [6.07, 6.45) is 3.27. The molecule has 0 fully saturated rings. The molecule has 0 aliphatic rings. The van der Waals surface area contributed by atoms with E-state index in [-0.39, 0.29) is 0 Å². The zero-order chi connectivity index (χ0) is 15.5. The minimum atomic E-state index is -3.15. The van der Waals surface area contributed by atoms with Gasteiger partial charge in [0.15, 0.2) is 0 Å². The molecule has 1 N–H and O–H groups in total. The van der Waals surface area contributed by atoms with Gasteiger partial charge in [-0.1, -0.05) is 18.5 Å². The van der Waals surface area contributed by atoms with Crippen molar-refractivity contribution < 1.29 is 8.42 Å². The minimum absolute atomic E-state index is 0.323. The van der Waals surface area contributed by atoms with Crippen LogP contribution in [0.1, 0.15) is 13.3 Å². The zero-order valence-corrected chi connectivity index (χ0v) is 13.4. The summed E-state index contributed by atoms with van der Waals surface area (Å²) in [7, 11) is -3.15. The first-order valence-corrected chi connectivity index (χ1v) is 8.69. The highest BCUT2D eigenvalue weighted by molar-refractivity contribution is 7.88. The van der Waals surface area contributed by atoms with E-state index in [2.05, 4.69) is 20.4 Å². The second kappa shape index (κ2) is 6.54. The summed E-state index contributed by atoms with van der Waals surface area (Å²) in [5.41, 5.74) is 0. The third-order valence-corrected chi connectivity index (χ3v) is 4.51. The fraction of sp³-hybridized carbons (Fsp3) is 0.545. The molecule has 0 unspecified atom stereocenters. The van der Waals surface area contributed by atoms with Crippen molar-refractivity contribution in [2.75, 3.05) is 31.2 Å². The summed E-state index contributed by atoms with van der Waals surface area (Å²) in [5, 5.41) is 7.53. The van der Waals surface area contributed by atoms with Crippen LogP contribution in [0, 0.1) is 0 Å². The van der Waals surface area contributed by atoms with E-state index in [1.807, 2.05) is 6.92 Å². The lowest BCUT2D eigenvalue weighted by atomic mass is 10.4. The molecule has 0 aliphatic heterocycles. The summed E-state index contributed by atoms with van der Waals surface area (Å²) >= 11 is 5.91. The van der Waals surface area contributed by atoms with E-state index in [9.17, 15) is 8.42 Å². The predicted molar refractivity (Wildman–Crippen MR) is 81.0 cm³/mol. The lowest BCUT2D eigenvalue weighted by Gasteiger charge is -2.17. The number of anilines is 1. The normalized spacial score (nSPS) is 12.2. The van der Waals surface area contributed by atoms with Crippen molar-refractivity contribution in [2.24, 2.45) is 0 Å². The van der Waals surface area contributed by atoms with E-state index < -0.39 is 10.0 Å². The number of rotatable bonds is 7. The van der Waals surface area contributed by atoms with Gasteiger partial charge in [-0.2, -0.15) is 19.6 Å².